The maximum atomic E-state index is 13.3. The summed E-state index contributed by atoms with van der Waals surface area (Å²) in [7, 11) is 0. The molecule has 0 saturated heterocycles. The molecule has 2 aromatic rings. The van der Waals surface area contributed by atoms with Crippen LogP contribution < -0.4 is 0 Å². The molecular formula is C24H27FN2O2. The van der Waals surface area contributed by atoms with Crippen molar-refractivity contribution in [1.29, 1.82) is 0 Å². The Morgan fingerprint density at radius 1 is 1.10 bits per heavy atom. The molecule has 0 atom stereocenters. The van der Waals surface area contributed by atoms with E-state index in [1.807, 2.05) is 4.90 Å². The Labute approximate surface area is 170 Å². The number of aromatic nitrogens is 1. The van der Waals surface area contributed by atoms with Gasteiger partial charge < -0.3 is 9.42 Å². The van der Waals surface area contributed by atoms with Crippen molar-refractivity contribution in [3.63, 3.8) is 0 Å². The van der Waals surface area contributed by atoms with Crippen LogP contribution in [0.25, 0.3) is 11.3 Å². The summed E-state index contributed by atoms with van der Waals surface area (Å²) in [4.78, 5) is 15.3. The molecule has 7 rings (SSSR count). The van der Waals surface area contributed by atoms with Gasteiger partial charge in [-0.1, -0.05) is 5.16 Å². The van der Waals surface area contributed by atoms with Crippen LogP contribution in [0.2, 0.25) is 0 Å². The number of benzene rings is 1. The first-order valence-corrected chi connectivity index (χ1v) is 11.1. The molecule has 4 bridgehead atoms. The van der Waals surface area contributed by atoms with Crippen LogP contribution in [0.15, 0.2) is 28.8 Å². The second-order valence-corrected chi connectivity index (χ2v) is 10.1. The lowest BCUT2D eigenvalue weighted by Crippen LogP contribution is -2.48. The van der Waals surface area contributed by atoms with Crippen LogP contribution in [0.3, 0.4) is 0 Å². The van der Waals surface area contributed by atoms with Gasteiger partial charge in [0.15, 0.2) is 5.76 Å². The summed E-state index contributed by atoms with van der Waals surface area (Å²) in [6.07, 6.45) is 9.44. The van der Waals surface area contributed by atoms with Crippen LogP contribution in [-0.2, 0) is 17.8 Å². The van der Waals surface area contributed by atoms with E-state index >= 15 is 0 Å². The van der Waals surface area contributed by atoms with Crippen LogP contribution >= 0.6 is 0 Å². The molecule has 4 fully saturated rings. The molecule has 1 aromatic heterocycles. The molecular weight excluding hydrogens is 367 g/mol. The number of amides is 1. The molecule has 5 heteroatoms. The lowest BCUT2D eigenvalue weighted by atomic mass is 9.49. The summed E-state index contributed by atoms with van der Waals surface area (Å²) in [6, 6.07) is 6.30. The fourth-order valence-electron chi connectivity index (χ4n) is 7.19. The van der Waals surface area contributed by atoms with E-state index in [1.165, 1.54) is 50.7 Å². The van der Waals surface area contributed by atoms with E-state index in [-0.39, 0.29) is 11.2 Å². The minimum Gasteiger partial charge on any atom is -0.356 e. The van der Waals surface area contributed by atoms with Crippen molar-refractivity contribution in [3.8, 4) is 11.3 Å². The van der Waals surface area contributed by atoms with E-state index in [4.69, 9.17) is 4.52 Å². The molecule has 0 unspecified atom stereocenters. The number of fused-ring (bicyclic) bond motifs is 1. The largest absolute Gasteiger partial charge is 0.356 e. The SMILES string of the molecule is O=C(CC12CC3CC(CC(C3)C1)C2)N1CCc2noc(-c3ccc(F)cc3)c2C1. The van der Waals surface area contributed by atoms with Crippen LogP contribution in [0.4, 0.5) is 4.39 Å². The first-order chi connectivity index (χ1) is 14.1. The fraction of sp³-hybridized carbons (Fsp3) is 0.583. The Balaban J connectivity index is 1.21. The first-order valence-electron chi connectivity index (χ1n) is 11.1. The third-order valence-corrected chi connectivity index (χ3v) is 7.99. The number of carbonyl (C=O) groups excluding carboxylic acids is 1. The summed E-state index contributed by atoms with van der Waals surface area (Å²) in [6.45, 7) is 1.27. The number of halogens is 1. The molecule has 2 heterocycles. The van der Waals surface area contributed by atoms with Gasteiger partial charge in [0.05, 0.1) is 12.2 Å². The van der Waals surface area contributed by atoms with Crippen LogP contribution in [0.5, 0.6) is 0 Å². The van der Waals surface area contributed by atoms with Crippen molar-refractivity contribution in [2.45, 2.75) is 57.9 Å². The number of rotatable bonds is 3. The monoisotopic (exact) mass is 394 g/mol. The van der Waals surface area contributed by atoms with E-state index in [2.05, 4.69) is 5.16 Å². The summed E-state index contributed by atoms with van der Waals surface area (Å²) in [5.41, 5.74) is 3.00. The second-order valence-electron chi connectivity index (χ2n) is 10.1. The lowest BCUT2D eigenvalue weighted by Gasteiger charge is -2.57. The van der Waals surface area contributed by atoms with Gasteiger partial charge in [0, 0.05) is 30.5 Å². The second kappa shape index (κ2) is 6.41. The standard InChI is InChI=1S/C24H27FN2O2/c25-19-3-1-18(2-4-19)23-20-14-27(6-5-21(20)26-29-23)22(28)13-24-10-15-7-16(11-24)9-17(8-15)12-24/h1-4,15-17H,5-14H2. The topological polar surface area (TPSA) is 46.3 Å². The maximum absolute atomic E-state index is 13.3. The summed E-state index contributed by atoms with van der Waals surface area (Å²) in [5, 5.41) is 4.22. The van der Waals surface area contributed by atoms with Crippen molar-refractivity contribution < 1.29 is 13.7 Å². The molecule has 4 aliphatic carbocycles. The Morgan fingerprint density at radius 3 is 2.41 bits per heavy atom. The van der Waals surface area contributed by atoms with Crippen LogP contribution in [0.1, 0.15) is 56.2 Å². The van der Waals surface area contributed by atoms with Gasteiger partial charge in [-0.2, -0.15) is 0 Å². The van der Waals surface area contributed by atoms with Gasteiger partial charge in [-0.25, -0.2) is 4.39 Å². The van der Waals surface area contributed by atoms with E-state index in [9.17, 15) is 9.18 Å². The van der Waals surface area contributed by atoms with Gasteiger partial charge >= 0.3 is 0 Å². The third-order valence-electron chi connectivity index (χ3n) is 7.99. The van der Waals surface area contributed by atoms with Gasteiger partial charge in [-0.3, -0.25) is 4.79 Å². The predicted octanol–water partition coefficient (Wildman–Crippen LogP) is 4.97. The molecule has 1 aliphatic heterocycles. The molecule has 29 heavy (non-hydrogen) atoms. The van der Waals surface area contributed by atoms with Gasteiger partial charge in [0.25, 0.3) is 0 Å². The van der Waals surface area contributed by atoms with E-state index in [1.54, 1.807) is 12.1 Å². The number of hydrogen-bond donors (Lipinski definition) is 0. The van der Waals surface area contributed by atoms with Crippen molar-refractivity contribution in [2.24, 2.45) is 23.2 Å². The Bertz CT molecular complexity index is 913. The van der Waals surface area contributed by atoms with Crippen LogP contribution in [-0.4, -0.2) is 22.5 Å². The molecule has 152 valence electrons. The molecule has 0 N–H and O–H groups in total. The molecule has 1 amide bonds. The molecule has 5 aliphatic rings. The maximum Gasteiger partial charge on any atom is 0.223 e. The van der Waals surface area contributed by atoms with E-state index < -0.39 is 0 Å². The van der Waals surface area contributed by atoms with E-state index in [0.29, 0.717) is 31.2 Å². The Morgan fingerprint density at radius 2 is 1.76 bits per heavy atom. The highest BCUT2D eigenvalue weighted by Gasteiger charge is 2.51. The zero-order valence-corrected chi connectivity index (χ0v) is 16.7. The van der Waals surface area contributed by atoms with Gasteiger partial charge in [-0.05, 0) is 86.0 Å². The van der Waals surface area contributed by atoms with Gasteiger partial charge in [0.2, 0.25) is 5.91 Å². The highest BCUT2D eigenvalue weighted by atomic mass is 19.1. The minimum absolute atomic E-state index is 0.264. The number of nitrogens with zero attached hydrogens (tertiary/aromatic N) is 2. The first kappa shape index (κ1) is 17.7. The molecule has 0 spiro atoms. The number of hydrogen-bond acceptors (Lipinski definition) is 3. The molecule has 0 radical (unpaired) electrons. The average Bonchev–Trinajstić information content (AvgIpc) is 3.10. The zero-order chi connectivity index (χ0) is 19.6. The Kier molecular flexibility index (Phi) is 3.91. The van der Waals surface area contributed by atoms with Gasteiger partial charge in [0.1, 0.15) is 5.82 Å². The van der Waals surface area contributed by atoms with Crippen molar-refractivity contribution in [3.05, 3.63) is 41.3 Å². The smallest absolute Gasteiger partial charge is 0.223 e. The lowest BCUT2D eigenvalue weighted by molar-refractivity contribution is -0.140. The fourth-order valence-corrected chi connectivity index (χ4v) is 7.19. The quantitative estimate of drug-likeness (QED) is 0.738. The average molecular weight is 394 g/mol. The van der Waals surface area contributed by atoms with Crippen LogP contribution in [0, 0.1) is 29.0 Å². The van der Waals surface area contributed by atoms with Crippen molar-refractivity contribution >= 4 is 5.91 Å². The molecule has 4 nitrogen and oxygen atoms in total. The summed E-state index contributed by atoms with van der Waals surface area (Å²) in [5.74, 6) is 3.30. The molecule has 1 aromatic carbocycles. The van der Waals surface area contributed by atoms with Crippen molar-refractivity contribution in [2.75, 3.05) is 6.54 Å². The van der Waals surface area contributed by atoms with E-state index in [0.717, 1.165) is 41.0 Å². The summed E-state index contributed by atoms with van der Waals surface area (Å²) >= 11 is 0. The zero-order valence-electron chi connectivity index (χ0n) is 16.7. The number of carbonyl (C=O) groups is 1. The normalized spacial score (nSPS) is 32.4. The highest BCUT2D eigenvalue weighted by molar-refractivity contribution is 5.78. The predicted molar refractivity (Wildman–Crippen MR) is 106 cm³/mol. The molecule has 4 saturated carbocycles. The van der Waals surface area contributed by atoms with Crippen molar-refractivity contribution in [1.82, 2.24) is 10.1 Å². The highest BCUT2D eigenvalue weighted by Crippen LogP contribution is 2.61. The minimum atomic E-state index is -0.269. The summed E-state index contributed by atoms with van der Waals surface area (Å²) < 4.78 is 18.9. The Hall–Kier alpha value is -2.17. The van der Waals surface area contributed by atoms with Gasteiger partial charge in [-0.15, -0.1) is 0 Å². The third kappa shape index (κ3) is 3.01.